The van der Waals surface area contributed by atoms with Gasteiger partial charge in [0.2, 0.25) is 0 Å². The normalized spacial score (nSPS) is 6.40. The van der Waals surface area contributed by atoms with E-state index in [-0.39, 0.29) is 0 Å². The first-order valence-electron chi connectivity index (χ1n) is 12.4. The van der Waals surface area contributed by atoms with Gasteiger partial charge in [0.1, 0.15) is 0 Å². The van der Waals surface area contributed by atoms with Crippen LogP contribution in [0.25, 0.3) is 0 Å². The van der Waals surface area contributed by atoms with Crippen LogP contribution in [0, 0.1) is 0 Å². The molecule has 0 saturated heterocycles. The number of carboxylic acids is 11. The molecule has 308 valence electrons. The summed E-state index contributed by atoms with van der Waals surface area (Å²) in [7, 11) is 0. The van der Waals surface area contributed by atoms with Gasteiger partial charge in [0, 0.05) is 66.8 Å². The zero-order valence-electron chi connectivity index (χ0n) is 29.0. The lowest BCUT2D eigenvalue weighted by Gasteiger charge is -1.64. The monoisotopic (exact) mass is 792 g/mol. The molecular weight excluding hydrogens is 748 g/mol. The standard InChI is InChI=1S/11C3H4O2/c11*1-2-3(4)5/h11*2H,1H2,(H,4,5). The predicted octanol–water partition coefficient (Wildman–Crippen LogP) is 2.83. The average Bonchev–Trinajstić information content (AvgIpc) is 3.13. The van der Waals surface area contributed by atoms with E-state index in [0.29, 0.717) is 0 Å². The van der Waals surface area contributed by atoms with Crippen LogP contribution in [-0.2, 0) is 52.7 Å². The molecule has 0 radical (unpaired) electrons. The third-order valence-corrected chi connectivity index (χ3v) is 1.92. The number of carbonyl (C=O) groups is 11. The highest BCUT2D eigenvalue weighted by Gasteiger charge is 1.77. The fourth-order valence-electron chi connectivity index (χ4n) is 0. The molecule has 0 unspecified atom stereocenters. The Morgan fingerprint density at radius 3 is 0.200 bits per heavy atom. The topological polar surface area (TPSA) is 410 Å². The first-order chi connectivity index (χ1) is 25.0. The molecule has 0 atom stereocenters. The first kappa shape index (κ1) is 76.3. The number of hydrogen-bond donors (Lipinski definition) is 11. The van der Waals surface area contributed by atoms with Gasteiger partial charge in [0.25, 0.3) is 0 Å². The molecule has 0 saturated carbocycles. The number of rotatable bonds is 11. The highest BCUT2D eigenvalue weighted by Crippen LogP contribution is 1.59. The highest BCUT2D eigenvalue weighted by molar-refractivity contribution is 5.81. The van der Waals surface area contributed by atoms with Crippen molar-refractivity contribution < 1.29 is 109 Å². The van der Waals surface area contributed by atoms with Crippen LogP contribution < -0.4 is 0 Å². The summed E-state index contributed by atoms with van der Waals surface area (Å²) >= 11 is 0. The van der Waals surface area contributed by atoms with Crippen LogP contribution in [0.15, 0.2) is 139 Å². The molecule has 0 aliphatic rings. The summed E-state index contributed by atoms with van der Waals surface area (Å²) in [6.07, 6.45) is 9.17. The van der Waals surface area contributed by atoms with Crippen LogP contribution >= 0.6 is 0 Å². The number of aliphatic carboxylic acids is 11. The van der Waals surface area contributed by atoms with E-state index >= 15 is 0 Å². The molecule has 55 heavy (non-hydrogen) atoms. The van der Waals surface area contributed by atoms with Gasteiger partial charge in [0.15, 0.2) is 0 Å². The second kappa shape index (κ2) is 71.4. The molecule has 0 aromatic heterocycles. The van der Waals surface area contributed by atoms with Crippen molar-refractivity contribution in [2.75, 3.05) is 0 Å². The van der Waals surface area contributed by atoms with Crippen LogP contribution in [0.1, 0.15) is 0 Å². The summed E-state index contributed by atoms with van der Waals surface area (Å²) in [5.41, 5.74) is 0. The summed E-state index contributed by atoms with van der Waals surface area (Å²) in [6, 6.07) is 0. The maximum Gasteiger partial charge on any atom is 0.327 e. The van der Waals surface area contributed by atoms with Crippen molar-refractivity contribution >= 4 is 65.7 Å². The van der Waals surface area contributed by atoms with Crippen LogP contribution in [0.3, 0.4) is 0 Å². The Balaban J connectivity index is -0.0000000430. The Kier molecular flexibility index (Phi) is 98.9. The van der Waals surface area contributed by atoms with E-state index in [9.17, 15) is 52.7 Å². The van der Waals surface area contributed by atoms with Crippen molar-refractivity contribution in [2.24, 2.45) is 0 Å². The van der Waals surface area contributed by atoms with Crippen molar-refractivity contribution in [1.29, 1.82) is 0 Å². The Hall–Kier alpha value is -8.69. The Bertz CT molecular complexity index is 958. The van der Waals surface area contributed by atoms with Crippen molar-refractivity contribution in [3.05, 3.63) is 139 Å². The van der Waals surface area contributed by atoms with Crippen molar-refractivity contribution in [3.63, 3.8) is 0 Å². The van der Waals surface area contributed by atoms with Gasteiger partial charge in [-0.15, -0.1) is 0 Å². The molecule has 11 N–H and O–H groups in total. The van der Waals surface area contributed by atoms with Gasteiger partial charge >= 0.3 is 65.7 Å². The molecule has 0 amide bonds. The summed E-state index contributed by atoms with van der Waals surface area (Å²) < 4.78 is 0. The second-order valence-corrected chi connectivity index (χ2v) is 5.97. The Morgan fingerprint density at radius 1 is 0.182 bits per heavy atom. The van der Waals surface area contributed by atoms with E-state index in [2.05, 4.69) is 72.4 Å². The zero-order chi connectivity index (χ0) is 47.1. The molecule has 0 aliphatic carbocycles. The Morgan fingerprint density at radius 2 is 0.200 bits per heavy atom. The smallest absolute Gasteiger partial charge is 0.327 e. The average molecular weight is 793 g/mol. The predicted molar refractivity (Wildman–Crippen MR) is 196 cm³/mol. The highest BCUT2D eigenvalue weighted by atomic mass is 16.4. The lowest BCUT2D eigenvalue weighted by molar-refractivity contribution is -0.132. The molecule has 0 fully saturated rings. The fraction of sp³-hybridized carbons (Fsp3) is 0. The van der Waals surface area contributed by atoms with Gasteiger partial charge in [0.05, 0.1) is 0 Å². The minimum Gasteiger partial charge on any atom is -0.478 e. The summed E-state index contributed by atoms with van der Waals surface area (Å²) in [5, 5.41) is 83.6. The van der Waals surface area contributed by atoms with Crippen LogP contribution in [0.2, 0.25) is 0 Å². The van der Waals surface area contributed by atoms with Crippen LogP contribution in [0.4, 0.5) is 0 Å². The van der Waals surface area contributed by atoms with Gasteiger partial charge < -0.3 is 56.2 Å². The molecule has 0 aromatic carbocycles. The quantitative estimate of drug-likeness (QED) is 0.134. The first-order valence-corrected chi connectivity index (χ1v) is 12.4. The number of hydrogen-bond acceptors (Lipinski definition) is 11. The fourth-order valence-corrected chi connectivity index (χ4v) is 0. The van der Waals surface area contributed by atoms with E-state index in [1.165, 1.54) is 0 Å². The lowest BCUT2D eigenvalue weighted by Crippen LogP contribution is -1.82. The van der Waals surface area contributed by atoms with Gasteiger partial charge in [-0.25, -0.2) is 52.7 Å². The van der Waals surface area contributed by atoms with Crippen LogP contribution in [-0.4, -0.2) is 122 Å². The second-order valence-electron chi connectivity index (χ2n) is 5.97. The van der Waals surface area contributed by atoms with E-state index in [0.717, 1.165) is 66.8 Å². The van der Waals surface area contributed by atoms with Crippen molar-refractivity contribution in [3.8, 4) is 0 Å². The third-order valence-electron chi connectivity index (χ3n) is 1.92. The molecule has 22 nitrogen and oxygen atoms in total. The Labute approximate surface area is 313 Å². The molecule has 0 aliphatic heterocycles. The number of carboxylic acid groups (broad SMARTS) is 11. The lowest BCUT2D eigenvalue weighted by atomic mass is 10.7. The summed E-state index contributed by atoms with van der Waals surface area (Å²) in [4.78, 5) is 102. The summed E-state index contributed by atoms with van der Waals surface area (Å²) in [5.74, 6) is -10.8. The molecular formula is C33H44O22. The van der Waals surface area contributed by atoms with Gasteiger partial charge in [-0.3, -0.25) is 0 Å². The van der Waals surface area contributed by atoms with E-state index < -0.39 is 65.7 Å². The van der Waals surface area contributed by atoms with Crippen molar-refractivity contribution in [2.45, 2.75) is 0 Å². The van der Waals surface area contributed by atoms with E-state index in [1.807, 2.05) is 0 Å². The van der Waals surface area contributed by atoms with Crippen LogP contribution in [0.5, 0.6) is 0 Å². The van der Waals surface area contributed by atoms with Gasteiger partial charge in [-0.2, -0.15) is 0 Å². The molecule has 0 bridgehead atoms. The van der Waals surface area contributed by atoms with Gasteiger partial charge in [-0.05, 0) is 0 Å². The van der Waals surface area contributed by atoms with E-state index in [1.54, 1.807) is 0 Å². The molecule has 0 spiro atoms. The van der Waals surface area contributed by atoms with Crippen molar-refractivity contribution in [1.82, 2.24) is 0 Å². The van der Waals surface area contributed by atoms with Gasteiger partial charge in [-0.1, -0.05) is 72.4 Å². The maximum atomic E-state index is 9.25. The molecule has 0 aromatic rings. The largest absolute Gasteiger partial charge is 0.478 e. The molecule has 0 rings (SSSR count). The zero-order valence-corrected chi connectivity index (χ0v) is 29.0. The molecule has 0 heterocycles. The minimum absolute atomic E-state index is 0.833. The SMILES string of the molecule is C=CC(=O)O.C=CC(=O)O.C=CC(=O)O.C=CC(=O)O.C=CC(=O)O.C=CC(=O)O.C=CC(=O)O.C=CC(=O)O.C=CC(=O)O.C=CC(=O)O.C=CC(=O)O. The third kappa shape index (κ3) is 480. The van der Waals surface area contributed by atoms with E-state index in [4.69, 9.17) is 56.2 Å². The molecule has 22 heteroatoms. The summed E-state index contributed by atoms with van der Waals surface area (Å²) in [6.45, 7) is 32.6. The maximum absolute atomic E-state index is 9.25. The minimum atomic E-state index is -0.981.